The first kappa shape index (κ1) is 16.3. The van der Waals surface area contributed by atoms with Gasteiger partial charge < -0.3 is 9.64 Å². The number of Topliss-reactive ketones (excluding diaryl/α,β-unsaturated/α-hetero) is 1. The molecule has 0 unspecified atom stereocenters. The molecule has 0 saturated carbocycles. The van der Waals surface area contributed by atoms with Crippen LogP contribution in [0.5, 0.6) is 0 Å². The highest BCUT2D eigenvalue weighted by atomic mass is 32.2. The predicted molar refractivity (Wildman–Crippen MR) is 90.0 cm³/mol. The van der Waals surface area contributed by atoms with Crippen molar-refractivity contribution in [3.8, 4) is 6.07 Å². The number of carbonyl (C=O) groups excluding carboxylic acids is 1. The number of ether oxygens (including phenoxy) is 1. The summed E-state index contributed by atoms with van der Waals surface area (Å²) in [5, 5.41) is 10.3. The number of hydrogen-bond donors (Lipinski definition) is 0. The van der Waals surface area contributed by atoms with Gasteiger partial charge in [0.05, 0.1) is 24.5 Å². The van der Waals surface area contributed by atoms with Crippen LogP contribution in [0.25, 0.3) is 0 Å². The zero-order chi connectivity index (χ0) is 16.2. The number of nitrogens with zero attached hydrogens (tertiary/aromatic N) is 3. The SMILES string of the molecule is CC(=O)CSc1nc(N2CCOCC2)c2c(c1C#N)CCCC2. The third kappa shape index (κ3) is 3.51. The van der Waals surface area contributed by atoms with Crippen LogP contribution >= 0.6 is 11.8 Å². The van der Waals surface area contributed by atoms with Gasteiger partial charge in [0, 0.05) is 13.1 Å². The van der Waals surface area contributed by atoms with Gasteiger partial charge in [-0.1, -0.05) is 11.8 Å². The van der Waals surface area contributed by atoms with Crippen LogP contribution in [0.4, 0.5) is 5.82 Å². The van der Waals surface area contributed by atoms with E-state index in [4.69, 9.17) is 9.72 Å². The van der Waals surface area contributed by atoms with E-state index in [0.29, 0.717) is 29.6 Å². The van der Waals surface area contributed by atoms with E-state index < -0.39 is 0 Å². The second-order valence-electron chi connectivity index (χ2n) is 5.98. The molecule has 3 rings (SSSR count). The lowest BCUT2D eigenvalue weighted by Gasteiger charge is -2.32. The van der Waals surface area contributed by atoms with Gasteiger partial charge in [0.15, 0.2) is 0 Å². The molecule has 23 heavy (non-hydrogen) atoms. The first-order valence-corrected chi connectivity index (χ1v) is 9.10. The fourth-order valence-corrected chi connectivity index (χ4v) is 4.01. The highest BCUT2D eigenvalue weighted by Gasteiger charge is 2.26. The summed E-state index contributed by atoms with van der Waals surface area (Å²) in [5.41, 5.74) is 3.08. The van der Waals surface area contributed by atoms with E-state index in [-0.39, 0.29) is 5.78 Å². The lowest BCUT2D eigenvalue weighted by atomic mass is 9.89. The van der Waals surface area contributed by atoms with Gasteiger partial charge in [0.25, 0.3) is 0 Å². The Morgan fingerprint density at radius 1 is 1.30 bits per heavy atom. The molecule has 2 heterocycles. The average Bonchev–Trinajstić information content (AvgIpc) is 2.59. The molecule has 0 atom stereocenters. The van der Waals surface area contributed by atoms with Crippen LogP contribution in [-0.4, -0.2) is 42.8 Å². The quantitative estimate of drug-likeness (QED) is 0.789. The molecule has 1 aromatic rings. The molecular formula is C17H21N3O2S. The highest BCUT2D eigenvalue weighted by Crippen LogP contribution is 2.36. The van der Waals surface area contributed by atoms with Crippen LogP contribution in [0.3, 0.4) is 0 Å². The van der Waals surface area contributed by atoms with E-state index in [9.17, 15) is 10.1 Å². The molecule has 1 fully saturated rings. The maximum Gasteiger partial charge on any atom is 0.140 e. The lowest BCUT2D eigenvalue weighted by Crippen LogP contribution is -2.38. The standard InChI is InChI=1S/C17H21N3O2S/c1-12(21)11-23-17-15(10-18)13-4-2-3-5-14(13)16(19-17)20-6-8-22-9-7-20/h2-9,11H2,1H3. The third-order valence-electron chi connectivity index (χ3n) is 4.30. The second kappa shape index (κ2) is 7.33. The van der Waals surface area contributed by atoms with Crippen molar-refractivity contribution in [3.63, 3.8) is 0 Å². The van der Waals surface area contributed by atoms with E-state index in [1.54, 1.807) is 6.92 Å². The van der Waals surface area contributed by atoms with Gasteiger partial charge in [-0.15, -0.1) is 0 Å². The molecule has 1 aromatic heterocycles. The number of anilines is 1. The number of thioether (sulfide) groups is 1. The topological polar surface area (TPSA) is 66.2 Å². The van der Waals surface area contributed by atoms with Crippen LogP contribution in [0.2, 0.25) is 0 Å². The Morgan fingerprint density at radius 2 is 2.00 bits per heavy atom. The van der Waals surface area contributed by atoms with Crippen molar-refractivity contribution >= 4 is 23.4 Å². The van der Waals surface area contributed by atoms with Crippen LogP contribution < -0.4 is 4.90 Å². The van der Waals surface area contributed by atoms with Gasteiger partial charge in [-0.3, -0.25) is 4.79 Å². The minimum absolute atomic E-state index is 0.103. The first-order chi connectivity index (χ1) is 11.2. The fourth-order valence-electron chi connectivity index (χ4n) is 3.20. The number of pyridine rings is 1. The number of carbonyl (C=O) groups is 1. The minimum atomic E-state index is 0.103. The molecule has 0 radical (unpaired) electrons. The van der Waals surface area contributed by atoms with Crippen molar-refractivity contribution in [2.75, 3.05) is 37.0 Å². The summed E-state index contributed by atoms with van der Waals surface area (Å²) in [6, 6.07) is 2.34. The molecule has 1 saturated heterocycles. The van der Waals surface area contributed by atoms with Gasteiger partial charge in [0.2, 0.25) is 0 Å². The summed E-state index contributed by atoms with van der Waals surface area (Å²) >= 11 is 1.39. The Balaban J connectivity index is 2.04. The van der Waals surface area contributed by atoms with Crippen molar-refractivity contribution in [2.45, 2.75) is 37.6 Å². The van der Waals surface area contributed by atoms with Crippen LogP contribution in [-0.2, 0) is 22.4 Å². The average molecular weight is 331 g/mol. The Bertz CT molecular complexity index is 648. The molecule has 5 nitrogen and oxygen atoms in total. The predicted octanol–water partition coefficient (Wildman–Crippen LogP) is 2.35. The molecule has 0 amide bonds. The fraction of sp³-hybridized carbons (Fsp3) is 0.588. The van der Waals surface area contributed by atoms with Crippen molar-refractivity contribution in [3.05, 3.63) is 16.7 Å². The van der Waals surface area contributed by atoms with Crippen LogP contribution in [0, 0.1) is 11.3 Å². The number of fused-ring (bicyclic) bond motifs is 1. The molecule has 2 aliphatic rings. The normalized spacial score (nSPS) is 17.5. The van der Waals surface area contributed by atoms with Gasteiger partial charge in [-0.25, -0.2) is 4.98 Å². The minimum Gasteiger partial charge on any atom is -0.378 e. The molecule has 0 spiro atoms. The zero-order valence-corrected chi connectivity index (χ0v) is 14.2. The van der Waals surface area contributed by atoms with Crippen molar-refractivity contribution in [1.82, 2.24) is 4.98 Å². The highest BCUT2D eigenvalue weighted by molar-refractivity contribution is 8.00. The number of morpholine rings is 1. The van der Waals surface area contributed by atoms with E-state index in [1.165, 1.54) is 17.3 Å². The van der Waals surface area contributed by atoms with E-state index in [2.05, 4.69) is 11.0 Å². The summed E-state index contributed by atoms with van der Waals surface area (Å²) in [4.78, 5) is 18.4. The van der Waals surface area contributed by atoms with Gasteiger partial charge >= 0.3 is 0 Å². The number of aromatic nitrogens is 1. The van der Waals surface area contributed by atoms with E-state index in [0.717, 1.165) is 50.2 Å². The zero-order valence-electron chi connectivity index (χ0n) is 13.4. The number of nitriles is 1. The smallest absolute Gasteiger partial charge is 0.140 e. The van der Waals surface area contributed by atoms with E-state index in [1.807, 2.05) is 0 Å². The maximum atomic E-state index is 11.3. The van der Waals surface area contributed by atoms with Gasteiger partial charge in [-0.05, 0) is 43.7 Å². The number of hydrogen-bond acceptors (Lipinski definition) is 6. The van der Waals surface area contributed by atoms with Crippen molar-refractivity contribution < 1.29 is 9.53 Å². The van der Waals surface area contributed by atoms with Crippen molar-refractivity contribution in [2.24, 2.45) is 0 Å². The summed E-state index contributed by atoms with van der Waals surface area (Å²) in [6.45, 7) is 4.67. The Hall–Kier alpha value is -1.58. The third-order valence-corrected chi connectivity index (χ3v) is 5.42. The van der Waals surface area contributed by atoms with Crippen molar-refractivity contribution in [1.29, 1.82) is 5.26 Å². The molecule has 6 heteroatoms. The number of ketones is 1. The maximum absolute atomic E-state index is 11.3. The number of rotatable bonds is 4. The molecule has 0 aromatic carbocycles. The Morgan fingerprint density at radius 3 is 2.65 bits per heavy atom. The summed E-state index contributed by atoms with van der Waals surface area (Å²) in [5.74, 6) is 1.47. The second-order valence-corrected chi connectivity index (χ2v) is 6.95. The van der Waals surface area contributed by atoms with E-state index >= 15 is 0 Å². The lowest BCUT2D eigenvalue weighted by molar-refractivity contribution is -0.114. The molecule has 0 N–H and O–H groups in total. The molecule has 122 valence electrons. The largest absolute Gasteiger partial charge is 0.378 e. The molecule has 1 aliphatic heterocycles. The Kier molecular flexibility index (Phi) is 5.19. The monoisotopic (exact) mass is 331 g/mol. The summed E-state index contributed by atoms with van der Waals surface area (Å²) in [6.07, 6.45) is 4.19. The Labute approximate surface area is 141 Å². The van der Waals surface area contributed by atoms with Crippen LogP contribution in [0.15, 0.2) is 5.03 Å². The van der Waals surface area contributed by atoms with Gasteiger partial charge in [0.1, 0.15) is 22.7 Å². The molecule has 1 aliphatic carbocycles. The molecular weight excluding hydrogens is 310 g/mol. The molecule has 0 bridgehead atoms. The summed E-state index contributed by atoms with van der Waals surface area (Å²) in [7, 11) is 0. The summed E-state index contributed by atoms with van der Waals surface area (Å²) < 4.78 is 5.45. The first-order valence-electron chi connectivity index (χ1n) is 8.11. The van der Waals surface area contributed by atoms with Crippen LogP contribution in [0.1, 0.15) is 36.5 Å². The van der Waals surface area contributed by atoms with Gasteiger partial charge in [-0.2, -0.15) is 5.26 Å².